The van der Waals surface area contributed by atoms with Crippen molar-refractivity contribution in [1.29, 1.82) is 5.26 Å². The van der Waals surface area contributed by atoms with Crippen molar-refractivity contribution in [3.8, 4) is 6.07 Å². The van der Waals surface area contributed by atoms with Crippen LogP contribution in [-0.2, 0) is 11.3 Å². The van der Waals surface area contributed by atoms with Crippen LogP contribution in [-0.4, -0.2) is 47.7 Å². The highest BCUT2D eigenvalue weighted by molar-refractivity contribution is 5.97. The smallest absolute Gasteiger partial charge is 0.266 e. The number of amides is 1. The van der Waals surface area contributed by atoms with Crippen LogP contribution in [0.2, 0.25) is 0 Å². The Hall–Kier alpha value is -3.43. The molecule has 0 saturated carbocycles. The van der Waals surface area contributed by atoms with Crippen molar-refractivity contribution >= 4 is 17.4 Å². The monoisotopic (exact) mass is 388 g/mol. The van der Waals surface area contributed by atoms with E-state index in [1.807, 2.05) is 24.3 Å². The summed E-state index contributed by atoms with van der Waals surface area (Å²) in [6, 6.07) is 19.1. The van der Waals surface area contributed by atoms with Crippen LogP contribution in [0.15, 0.2) is 66.4 Å². The zero-order chi connectivity index (χ0) is 20.6. The fourth-order valence-electron chi connectivity index (χ4n) is 3.22. The van der Waals surface area contributed by atoms with E-state index < -0.39 is 0 Å². The molecule has 0 atom stereocenters. The molecule has 0 spiro atoms. The molecule has 148 valence electrons. The molecule has 3 rings (SSSR count). The number of hydrogen-bond donors (Lipinski definition) is 1. The third-order valence-corrected chi connectivity index (χ3v) is 4.93. The van der Waals surface area contributed by atoms with E-state index in [-0.39, 0.29) is 17.3 Å². The zero-order valence-corrected chi connectivity index (χ0v) is 16.5. The fourth-order valence-corrected chi connectivity index (χ4v) is 3.22. The van der Waals surface area contributed by atoms with E-state index in [0.29, 0.717) is 24.3 Å². The normalized spacial score (nSPS) is 14.9. The fraction of sp³-hybridized carbons (Fsp3) is 0.261. The first kappa shape index (κ1) is 20.3. The number of hydrogen-bond acceptors (Lipinski definition) is 5. The molecule has 0 unspecified atom stereocenters. The summed E-state index contributed by atoms with van der Waals surface area (Å²) < 4.78 is 0. The minimum atomic E-state index is -0.264. The highest BCUT2D eigenvalue weighted by Crippen LogP contribution is 2.13. The maximum Gasteiger partial charge on any atom is 0.266 e. The third kappa shape index (κ3) is 5.53. The molecule has 0 aliphatic carbocycles. The third-order valence-electron chi connectivity index (χ3n) is 4.93. The number of anilines is 1. The van der Waals surface area contributed by atoms with Crippen LogP contribution in [0, 0.1) is 11.3 Å². The van der Waals surface area contributed by atoms with E-state index >= 15 is 0 Å². The summed E-state index contributed by atoms with van der Waals surface area (Å²) in [5.74, 6) is -0.272. The van der Waals surface area contributed by atoms with Gasteiger partial charge in [-0.1, -0.05) is 30.3 Å². The molecule has 6 nitrogen and oxygen atoms in total. The molecule has 1 fully saturated rings. The van der Waals surface area contributed by atoms with Crippen LogP contribution in [0.25, 0.3) is 0 Å². The number of ketones is 1. The Morgan fingerprint density at radius 3 is 2.28 bits per heavy atom. The van der Waals surface area contributed by atoms with Gasteiger partial charge in [-0.25, -0.2) is 0 Å². The predicted molar refractivity (Wildman–Crippen MR) is 112 cm³/mol. The standard InChI is InChI=1S/C23H24N4O2/c1-18(28)20-7-9-22(10-8-20)25-16-21(15-24)23(29)27-13-11-26(12-14-27)17-19-5-3-2-4-6-19/h2-10,16,25H,11-14,17H2,1H3/b21-16-. The number of carbonyl (C=O) groups excluding carboxylic acids is 2. The lowest BCUT2D eigenvalue weighted by Crippen LogP contribution is -2.48. The zero-order valence-electron chi connectivity index (χ0n) is 16.5. The van der Waals surface area contributed by atoms with Gasteiger partial charge in [-0.3, -0.25) is 14.5 Å². The maximum absolute atomic E-state index is 12.7. The lowest BCUT2D eigenvalue weighted by Gasteiger charge is -2.34. The van der Waals surface area contributed by atoms with Crippen LogP contribution in [0.4, 0.5) is 5.69 Å². The molecule has 1 aliphatic rings. The Bertz CT molecular complexity index is 922. The SMILES string of the molecule is CC(=O)c1ccc(N/C=C(/C#N)C(=O)N2CCN(Cc3ccccc3)CC2)cc1. The van der Waals surface area contributed by atoms with Gasteiger partial charge >= 0.3 is 0 Å². The average Bonchev–Trinajstić information content (AvgIpc) is 2.75. The molecule has 29 heavy (non-hydrogen) atoms. The molecular formula is C23H24N4O2. The van der Waals surface area contributed by atoms with E-state index in [1.54, 1.807) is 29.2 Å². The first-order valence-electron chi connectivity index (χ1n) is 9.60. The van der Waals surface area contributed by atoms with E-state index in [1.165, 1.54) is 18.7 Å². The molecule has 0 aromatic heterocycles. The van der Waals surface area contributed by atoms with Crippen LogP contribution in [0.5, 0.6) is 0 Å². The van der Waals surface area contributed by atoms with E-state index in [0.717, 1.165) is 19.6 Å². The van der Waals surface area contributed by atoms with Gasteiger partial charge in [0.25, 0.3) is 5.91 Å². The number of benzene rings is 2. The van der Waals surface area contributed by atoms with Gasteiger partial charge in [0, 0.05) is 50.2 Å². The second kappa shape index (κ2) is 9.67. The Balaban J connectivity index is 1.55. The van der Waals surface area contributed by atoms with Crippen LogP contribution in [0.1, 0.15) is 22.8 Å². The van der Waals surface area contributed by atoms with Crippen molar-refractivity contribution in [2.75, 3.05) is 31.5 Å². The van der Waals surface area contributed by atoms with Crippen molar-refractivity contribution in [3.63, 3.8) is 0 Å². The van der Waals surface area contributed by atoms with E-state index in [4.69, 9.17) is 0 Å². The Morgan fingerprint density at radius 1 is 1.03 bits per heavy atom. The second-order valence-corrected chi connectivity index (χ2v) is 7.00. The second-order valence-electron chi connectivity index (χ2n) is 7.00. The molecule has 1 heterocycles. The minimum Gasteiger partial charge on any atom is -0.360 e. The van der Waals surface area contributed by atoms with Gasteiger partial charge in [0.1, 0.15) is 11.6 Å². The van der Waals surface area contributed by atoms with Crippen LogP contribution >= 0.6 is 0 Å². The van der Waals surface area contributed by atoms with Gasteiger partial charge in [0.05, 0.1) is 0 Å². The van der Waals surface area contributed by atoms with Crippen molar-refractivity contribution < 1.29 is 9.59 Å². The lowest BCUT2D eigenvalue weighted by molar-refractivity contribution is -0.128. The number of Topliss-reactive ketones (excluding diaryl/α,β-unsaturated/α-hetero) is 1. The number of rotatable bonds is 6. The summed E-state index contributed by atoms with van der Waals surface area (Å²) in [4.78, 5) is 28.0. The van der Waals surface area contributed by atoms with Gasteiger partial charge in [-0.2, -0.15) is 5.26 Å². The highest BCUT2D eigenvalue weighted by Gasteiger charge is 2.23. The largest absolute Gasteiger partial charge is 0.360 e. The van der Waals surface area contributed by atoms with E-state index in [2.05, 4.69) is 22.3 Å². The summed E-state index contributed by atoms with van der Waals surface area (Å²) >= 11 is 0. The van der Waals surface area contributed by atoms with Gasteiger partial charge in [0.2, 0.25) is 0 Å². The molecule has 0 bridgehead atoms. The van der Waals surface area contributed by atoms with Crippen molar-refractivity contribution in [3.05, 3.63) is 77.5 Å². The topological polar surface area (TPSA) is 76.4 Å². The predicted octanol–water partition coefficient (Wildman–Crippen LogP) is 3.05. The van der Waals surface area contributed by atoms with Crippen LogP contribution < -0.4 is 5.32 Å². The Labute approximate surface area is 171 Å². The molecular weight excluding hydrogens is 364 g/mol. The molecule has 1 saturated heterocycles. The number of carbonyl (C=O) groups is 2. The summed E-state index contributed by atoms with van der Waals surface area (Å²) in [5.41, 5.74) is 2.65. The molecule has 1 aliphatic heterocycles. The van der Waals surface area contributed by atoms with Gasteiger partial charge < -0.3 is 10.2 Å². The quantitative estimate of drug-likeness (QED) is 0.468. The first-order chi connectivity index (χ1) is 14.1. The Kier molecular flexibility index (Phi) is 6.77. The lowest BCUT2D eigenvalue weighted by atomic mass is 10.1. The van der Waals surface area contributed by atoms with E-state index in [9.17, 15) is 14.9 Å². The molecule has 2 aromatic carbocycles. The number of nitrogens with zero attached hydrogens (tertiary/aromatic N) is 3. The Morgan fingerprint density at radius 2 is 1.69 bits per heavy atom. The number of nitrogens with one attached hydrogen (secondary N) is 1. The molecule has 6 heteroatoms. The van der Waals surface area contributed by atoms with Gasteiger partial charge in [-0.15, -0.1) is 0 Å². The maximum atomic E-state index is 12.7. The first-order valence-corrected chi connectivity index (χ1v) is 9.60. The van der Waals surface area contributed by atoms with Crippen molar-refractivity contribution in [2.45, 2.75) is 13.5 Å². The van der Waals surface area contributed by atoms with Crippen molar-refractivity contribution in [1.82, 2.24) is 9.80 Å². The van der Waals surface area contributed by atoms with Gasteiger partial charge in [-0.05, 0) is 36.8 Å². The average molecular weight is 388 g/mol. The minimum absolute atomic E-state index is 0.00797. The summed E-state index contributed by atoms with van der Waals surface area (Å²) in [6.45, 7) is 5.12. The highest BCUT2D eigenvalue weighted by atomic mass is 16.2. The molecule has 1 N–H and O–H groups in total. The summed E-state index contributed by atoms with van der Waals surface area (Å²) in [5, 5.41) is 12.4. The summed E-state index contributed by atoms with van der Waals surface area (Å²) in [7, 11) is 0. The van der Waals surface area contributed by atoms with Crippen LogP contribution in [0.3, 0.4) is 0 Å². The van der Waals surface area contributed by atoms with Crippen molar-refractivity contribution in [2.24, 2.45) is 0 Å². The molecule has 2 aromatic rings. The number of nitriles is 1. The molecule has 0 radical (unpaired) electrons. The molecule has 1 amide bonds. The van der Waals surface area contributed by atoms with Gasteiger partial charge in [0.15, 0.2) is 5.78 Å². The summed E-state index contributed by atoms with van der Waals surface area (Å²) in [6.07, 6.45) is 1.43. The number of piperazine rings is 1.